The molecule has 0 saturated heterocycles. The fourth-order valence-corrected chi connectivity index (χ4v) is 2.58. The second-order valence-corrected chi connectivity index (χ2v) is 5.70. The Morgan fingerprint density at radius 3 is 1.95 bits per heavy atom. The van der Waals surface area contributed by atoms with Gasteiger partial charge in [0.25, 0.3) is 0 Å². The van der Waals surface area contributed by atoms with E-state index in [4.69, 9.17) is 5.73 Å². The van der Waals surface area contributed by atoms with Crippen LogP contribution in [0.15, 0.2) is 24.3 Å². The molecule has 2 nitrogen and oxygen atoms in total. The molecule has 1 rings (SSSR count). The quantitative estimate of drug-likeness (QED) is 0.442. The zero-order chi connectivity index (χ0) is 14.6. The fourth-order valence-electron chi connectivity index (χ4n) is 2.58. The number of hydrogen-bond acceptors (Lipinski definition) is 2. The van der Waals surface area contributed by atoms with Crippen LogP contribution in [0.3, 0.4) is 0 Å². The van der Waals surface area contributed by atoms with Crippen molar-refractivity contribution in [2.24, 2.45) is 0 Å². The molecule has 0 saturated carbocycles. The van der Waals surface area contributed by atoms with Crippen molar-refractivity contribution < 1.29 is 0 Å². The van der Waals surface area contributed by atoms with Crippen molar-refractivity contribution in [2.75, 3.05) is 23.7 Å². The van der Waals surface area contributed by atoms with E-state index in [1.807, 2.05) is 12.1 Å². The molecule has 20 heavy (non-hydrogen) atoms. The minimum atomic E-state index is 0.848. The third-order valence-electron chi connectivity index (χ3n) is 3.78. The maximum Gasteiger partial charge on any atom is 0.0367 e. The lowest BCUT2D eigenvalue weighted by atomic mass is 10.1. The summed E-state index contributed by atoms with van der Waals surface area (Å²) >= 11 is 0. The first-order chi connectivity index (χ1) is 9.77. The van der Waals surface area contributed by atoms with E-state index in [1.165, 1.54) is 63.6 Å². The first kappa shape index (κ1) is 16.9. The van der Waals surface area contributed by atoms with Crippen LogP contribution in [0.4, 0.5) is 11.4 Å². The third-order valence-corrected chi connectivity index (χ3v) is 3.78. The highest BCUT2D eigenvalue weighted by atomic mass is 15.1. The Kier molecular flexibility index (Phi) is 8.93. The Balaban J connectivity index is 2.27. The maximum atomic E-state index is 5.76. The molecule has 0 amide bonds. The van der Waals surface area contributed by atoms with E-state index in [-0.39, 0.29) is 0 Å². The number of nitrogen functional groups attached to an aromatic ring is 1. The van der Waals surface area contributed by atoms with E-state index in [2.05, 4.69) is 30.9 Å². The molecular formula is C18H32N2. The highest BCUT2D eigenvalue weighted by molar-refractivity contribution is 5.53. The second kappa shape index (κ2) is 10.6. The molecule has 0 atom stereocenters. The number of benzene rings is 1. The lowest BCUT2D eigenvalue weighted by Gasteiger charge is -2.24. The molecule has 0 heterocycles. The van der Waals surface area contributed by atoms with E-state index in [0.29, 0.717) is 0 Å². The minimum Gasteiger partial charge on any atom is -0.399 e. The highest BCUT2D eigenvalue weighted by Crippen LogP contribution is 2.18. The largest absolute Gasteiger partial charge is 0.399 e. The van der Waals surface area contributed by atoms with Gasteiger partial charge >= 0.3 is 0 Å². The summed E-state index contributed by atoms with van der Waals surface area (Å²) in [5, 5.41) is 0. The number of unbranched alkanes of at least 4 members (excludes halogenated alkanes) is 6. The predicted octanol–water partition coefficient (Wildman–Crippen LogP) is 5.24. The summed E-state index contributed by atoms with van der Waals surface area (Å²) in [6.45, 7) is 6.83. The van der Waals surface area contributed by atoms with Gasteiger partial charge in [0.15, 0.2) is 0 Å². The van der Waals surface area contributed by atoms with E-state index < -0.39 is 0 Å². The average molecular weight is 276 g/mol. The number of anilines is 2. The number of nitrogens with zero attached hydrogens (tertiary/aromatic N) is 1. The van der Waals surface area contributed by atoms with Crippen LogP contribution in [0.1, 0.15) is 65.2 Å². The Morgan fingerprint density at radius 1 is 0.750 bits per heavy atom. The normalized spacial score (nSPS) is 10.7. The molecule has 114 valence electrons. The number of hydrogen-bond donors (Lipinski definition) is 1. The highest BCUT2D eigenvalue weighted by Gasteiger charge is 2.04. The minimum absolute atomic E-state index is 0.848. The van der Waals surface area contributed by atoms with Crippen LogP contribution in [-0.2, 0) is 0 Å². The summed E-state index contributed by atoms with van der Waals surface area (Å²) in [4.78, 5) is 2.49. The summed E-state index contributed by atoms with van der Waals surface area (Å²) in [6.07, 6.45) is 10.8. The van der Waals surface area contributed by atoms with Gasteiger partial charge in [-0.1, -0.05) is 52.4 Å². The van der Waals surface area contributed by atoms with Crippen LogP contribution in [0, 0.1) is 0 Å². The summed E-state index contributed by atoms with van der Waals surface area (Å²) in [5.41, 5.74) is 7.92. The summed E-state index contributed by atoms with van der Waals surface area (Å²) < 4.78 is 0. The zero-order valence-electron chi connectivity index (χ0n) is 13.4. The maximum absolute atomic E-state index is 5.76. The molecule has 0 aliphatic heterocycles. The van der Waals surface area contributed by atoms with Crippen molar-refractivity contribution in [3.63, 3.8) is 0 Å². The average Bonchev–Trinajstić information content (AvgIpc) is 2.46. The van der Waals surface area contributed by atoms with Crippen molar-refractivity contribution in [1.29, 1.82) is 0 Å². The Bertz CT molecular complexity index is 332. The van der Waals surface area contributed by atoms with Gasteiger partial charge in [-0.15, -0.1) is 0 Å². The van der Waals surface area contributed by atoms with E-state index in [0.717, 1.165) is 12.2 Å². The molecule has 0 aromatic heterocycles. The van der Waals surface area contributed by atoms with Gasteiger partial charge in [-0.3, -0.25) is 0 Å². The molecule has 0 spiro atoms. The summed E-state index contributed by atoms with van der Waals surface area (Å²) in [7, 11) is 0. The molecular weight excluding hydrogens is 244 g/mol. The van der Waals surface area contributed by atoms with Crippen molar-refractivity contribution in [3.8, 4) is 0 Å². The van der Waals surface area contributed by atoms with Crippen LogP contribution in [-0.4, -0.2) is 13.1 Å². The van der Waals surface area contributed by atoms with Crippen LogP contribution >= 0.6 is 0 Å². The number of nitrogens with two attached hydrogens (primary N) is 1. The monoisotopic (exact) mass is 276 g/mol. The molecule has 0 bridgehead atoms. The standard InChI is InChI=1S/C18H32N2/c1-3-5-6-7-8-9-10-16-20(15-4-2)18-13-11-17(19)12-14-18/h11-14H,3-10,15-16,19H2,1-2H3. The van der Waals surface area contributed by atoms with Gasteiger partial charge in [0, 0.05) is 24.5 Å². The third kappa shape index (κ3) is 6.83. The molecule has 0 fully saturated rings. The molecule has 0 radical (unpaired) electrons. The van der Waals surface area contributed by atoms with Crippen molar-refractivity contribution in [2.45, 2.75) is 65.2 Å². The second-order valence-electron chi connectivity index (χ2n) is 5.70. The van der Waals surface area contributed by atoms with E-state index >= 15 is 0 Å². The Labute approximate surface area is 125 Å². The smallest absolute Gasteiger partial charge is 0.0367 e. The van der Waals surface area contributed by atoms with Crippen molar-refractivity contribution in [3.05, 3.63) is 24.3 Å². The Hall–Kier alpha value is -1.18. The van der Waals surface area contributed by atoms with Gasteiger partial charge < -0.3 is 10.6 Å². The van der Waals surface area contributed by atoms with Crippen LogP contribution in [0.5, 0.6) is 0 Å². The molecule has 1 aromatic rings. The summed E-state index contributed by atoms with van der Waals surface area (Å²) in [5.74, 6) is 0. The molecule has 2 heteroatoms. The fraction of sp³-hybridized carbons (Fsp3) is 0.667. The van der Waals surface area contributed by atoms with Gasteiger partial charge in [-0.25, -0.2) is 0 Å². The number of rotatable bonds is 11. The van der Waals surface area contributed by atoms with Crippen molar-refractivity contribution in [1.82, 2.24) is 0 Å². The van der Waals surface area contributed by atoms with E-state index in [1.54, 1.807) is 0 Å². The van der Waals surface area contributed by atoms with Gasteiger partial charge in [-0.2, -0.15) is 0 Å². The van der Waals surface area contributed by atoms with Gasteiger partial charge in [0.05, 0.1) is 0 Å². The molecule has 0 unspecified atom stereocenters. The molecule has 0 aliphatic carbocycles. The van der Waals surface area contributed by atoms with Crippen molar-refractivity contribution >= 4 is 11.4 Å². The van der Waals surface area contributed by atoms with Crippen LogP contribution in [0.25, 0.3) is 0 Å². The molecule has 2 N–H and O–H groups in total. The molecule has 1 aromatic carbocycles. The Morgan fingerprint density at radius 2 is 1.35 bits per heavy atom. The van der Waals surface area contributed by atoms with E-state index in [9.17, 15) is 0 Å². The lowest BCUT2D eigenvalue weighted by molar-refractivity contribution is 0.582. The zero-order valence-corrected chi connectivity index (χ0v) is 13.4. The summed E-state index contributed by atoms with van der Waals surface area (Å²) in [6, 6.07) is 8.30. The van der Waals surface area contributed by atoms with Gasteiger partial charge in [0.2, 0.25) is 0 Å². The van der Waals surface area contributed by atoms with Gasteiger partial charge in [0.1, 0.15) is 0 Å². The topological polar surface area (TPSA) is 29.3 Å². The first-order valence-corrected chi connectivity index (χ1v) is 8.38. The molecule has 0 aliphatic rings. The predicted molar refractivity (Wildman–Crippen MR) is 91.4 cm³/mol. The first-order valence-electron chi connectivity index (χ1n) is 8.38. The van der Waals surface area contributed by atoms with Crippen LogP contribution < -0.4 is 10.6 Å². The van der Waals surface area contributed by atoms with Crippen LogP contribution in [0.2, 0.25) is 0 Å². The SMILES string of the molecule is CCCCCCCCCN(CCC)c1ccc(N)cc1. The van der Waals surface area contributed by atoms with Gasteiger partial charge in [-0.05, 0) is 37.1 Å². The lowest BCUT2D eigenvalue weighted by Crippen LogP contribution is -2.25.